The van der Waals surface area contributed by atoms with Crippen LogP contribution < -0.4 is 0 Å². The van der Waals surface area contributed by atoms with Gasteiger partial charge in [-0.1, -0.05) is 23.7 Å². The van der Waals surface area contributed by atoms with Crippen LogP contribution in [0, 0.1) is 6.92 Å². The molecular formula is C11H12ClN. The number of nitrogens with zero attached hydrogens (tertiary/aromatic N) is 1. The van der Waals surface area contributed by atoms with Gasteiger partial charge < -0.3 is 0 Å². The van der Waals surface area contributed by atoms with E-state index < -0.39 is 0 Å². The van der Waals surface area contributed by atoms with E-state index >= 15 is 0 Å². The van der Waals surface area contributed by atoms with E-state index in [1.54, 1.807) is 0 Å². The summed E-state index contributed by atoms with van der Waals surface area (Å²) in [6.07, 6.45) is 2.28. The Morgan fingerprint density at radius 1 is 1.38 bits per heavy atom. The van der Waals surface area contributed by atoms with E-state index in [2.05, 4.69) is 17.1 Å². The van der Waals surface area contributed by atoms with E-state index in [1.165, 1.54) is 17.7 Å². The Balaban J connectivity index is 2.36. The fourth-order valence-corrected chi connectivity index (χ4v) is 1.73. The van der Waals surface area contributed by atoms with Crippen molar-refractivity contribution in [3.05, 3.63) is 34.3 Å². The summed E-state index contributed by atoms with van der Waals surface area (Å²) in [4.78, 5) is 4.43. The van der Waals surface area contributed by atoms with Gasteiger partial charge in [-0.2, -0.15) is 0 Å². The summed E-state index contributed by atoms with van der Waals surface area (Å²) in [5.74, 6) is 0. The highest BCUT2D eigenvalue weighted by atomic mass is 35.5. The summed E-state index contributed by atoms with van der Waals surface area (Å²) in [5, 5.41) is 0.840. The summed E-state index contributed by atoms with van der Waals surface area (Å²) in [5.41, 5.74) is 3.53. The molecule has 0 aromatic heterocycles. The summed E-state index contributed by atoms with van der Waals surface area (Å²) >= 11 is 6.04. The van der Waals surface area contributed by atoms with Crippen LogP contribution in [0.4, 0.5) is 0 Å². The number of hydrogen-bond acceptors (Lipinski definition) is 1. The monoisotopic (exact) mass is 193 g/mol. The molecule has 2 rings (SSSR count). The third kappa shape index (κ3) is 1.75. The van der Waals surface area contributed by atoms with Crippen molar-refractivity contribution in [1.82, 2.24) is 0 Å². The van der Waals surface area contributed by atoms with Gasteiger partial charge in [-0.15, -0.1) is 0 Å². The van der Waals surface area contributed by atoms with Gasteiger partial charge in [-0.3, -0.25) is 4.99 Å². The molecule has 0 fully saturated rings. The molecule has 1 aliphatic rings. The predicted molar refractivity (Wildman–Crippen MR) is 56.8 cm³/mol. The molecule has 2 heteroatoms. The first kappa shape index (κ1) is 8.76. The zero-order valence-corrected chi connectivity index (χ0v) is 8.43. The standard InChI is InChI=1S/C11H12ClN/c1-8-4-5-9(7-10(8)12)11-3-2-6-13-11/h4-5,7H,2-3,6H2,1H3. The van der Waals surface area contributed by atoms with Gasteiger partial charge in [-0.05, 0) is 37.0 Å². The third-order valence-electron chi connectivity index (χ3n) is 2.38. The molecule has 68 valence electrons. The van der Waals surface area contributed by atoms with Crippen molar-refractivity contribution in [1.29, 1.82) is 0 Å². The molecule has 0 atom stereocenters. The number of benzene rings is 1. The van der Waals surface area contributed by atoms with Gasteiger partial charge in [0.05, 0.1) is 0 Å². The van der Waals surface area contributed by atoms with Crippen LogP contribution in [-0.4, -0.2) is 12.3 Å². The van der Waals surface area contributed by atoms with E-state index in [1.807, 2.05) is 13.0 Å². The molecule has 1 nitrogen and oxygen atoms in total. The van der Waals surface area contributed by atoms with Gasteiger partial charge in [0.2, 0.25) is 0 Å². The highest BCUT2D eigenvalue weighted by molar-refractivity contribution is 6.31. The van der Waals surface area contributed by atoms with Crippen LogP contribution in [0.5, 0.6) is 0 Å². The van der Waals surface area contributed by atoms with Gasteiger partial charge in [-0.25, -0.2) is 0 Å². The van der Waals surface area contributed by atoms with Crippen molar-refractivity contribution in [3.63, 3.8) is 0 Å². The highest BCUT2D eigenvalue weighted by Crippen LogP contribution is 2.20. The average Bonchev–Trinajstić information content (AvgIpc) is 2.62. The van der Waals surface area contributed by atoms with Crippen LogP contribution in [-0.2, 0) is 0 Å². The summed E-state index contributed by atoms with van der Waals surface area (Å²) in [6.45, 7) is 2.99. The maximum atomic E-state index is 6.04. The molecular weight excluding hydrogens is 182 g/mol. The van der Waals surface area contributed by atoms with Crippen LogP contribution in [0.1, 0.15) is 24.0 Å². The van der Waals surface area contributed by atoms with E-state index in [-0.39, 0.29) is 0 Å². The fourth-order valence-electron chi connectivity index (χ4n) is 1.55. The minimum absolute atomic E-state index is 0.840. The van der Waals surface area contributed by atoms with Crippen LogP contribution in [0.3, 0.4) is 0 Å². The number of aryl methyl sites for hydroxylation is 1. The van der Waals surface area contributed by atoms with E-state index in [0.29, 0.717) is 0 Å². The van der Waals surface area contributed by atoms with Crippen molar-refractivity contribution >= 4 is 17.3 Å². The normalized spacial score (nSPS) is 16.0. The van der Waals surface area contributed by atoms with E-state index in [9.17, 15) is 0 Å². The first-order chi connectivity index (χ1) is 6.27. The van der Waals surface area contributed by atoms with Gasteiger partial charge >= 0.3 is 0 Å². The summed E-state index contributed by atoms with van der Waals surface area (Å²) in [7, 11) is 0. The maximum Gasteiger partial charge on any atom is 0.0441 e. The molecule has 0 spiro atoms. The zero-order valence-electron chi connectivity index (χ0n) is 7.68. The zero-order chi connectivity index (χ0) is 9.26. The van der Waals surface area contributed by atoms with Crippen molar-refractivity contribution < 1.29 is 0 Å². The molecule has 0 aliphatic carbocycles. The average molecular weight is 194 g/mol. The second-order valence-corrected chi connectivity index (χ2v) is 3.80. The molecule has 1 aromatic carbocycles. The maximum absolute atomic E-state index is 6.04. The molecule has 1 aromatic rings. The van der Waals surface area contributed by atoms with E-state index in [0.717, 1.165) is 23.6 Å². The lowest BCUT2D eigenvalue weighted by Crippen LogP contribution is -1.95. The Morgan fingerprint density at radius 2 is 2.23 bits per heavy atom. The lowest BCUT2D eigenvalue weighted by Gasteiger charge is -2.02. The van der Waals surface area contributed by atoms with Gasteiger partial charge in [0, 0.05) is 17.3 Å². The molecule has 0 bridgehead atoms. The summed E-state index contributed by atoms with van der Waals surface area (Å²) < 4.78 is 0. The molecule has 1 heterocycles. The molecule has 1 aliphatic heterocycles. The minimum atomic E-state index is 0.840. The van der Waals surface area contributed by atoms with Crippen molar-refractivity contribution in [2.24, 2.45) is 4.99 Å². The van der Waals surface area contributed by atoms with Crippen LogP contribution in [0.2, 0.25) is 5.02 Å². The molecule has 0 unspecified atom stereocenters. The quantitative estimate of drug-likeness (QED) is 0.650. The molecule has 0 N–H and O–H groups in total. The number of rotatable bonds is 1. The van der Waals surface area contributed by atoms with Gasteiger partial charge in [0.15, 0.2) is 0 Å². The van der Waals surface area contributed by atoms with Crippen molar-refractivity contribution in [3.8, 4) is 0 Å². The topological polar surface area (TPSA) is 12.4 Å². The van der Waals surface area contributed by atoms with E-state index in [4.69, 9.17) is 11.6 Å². The second kappa shape index (κ2) is 3.51. The van der Waals surface area contributed by atoms with Gasteiger partial charge in [0.1, 0.15) is 0 Å². The van der Waals surface area contributed by atoms with Crippen LogP contribution in [0.25, 0.3) is 0 Å². The Kier molecular flexibility index (Phi) is 2.36. The first-order valence-electron chi connectivity index (χ1n) is 4.57. The SMILES string of the molecule is Cc1ccc(C2=NCCC2)cc1Cl. The van der Waals surface area contributed by atoms with Crippen molar-refractivity contribution in [2.45, 2.75) is 19.8 Å². The molecule has 13 heavy (non-hydrogen) atoms. The van der Waals surface area contributed by atoms with Gasteiger partial charge in [0.25, 0.3) is 0 Å². The molecule has 0 radical (unpaired) electrons. The smallest absolute Gasteiger partial charge is 0.0441 e. The largest absolute Gasteiger partial charge is 0.289 e. The Bertz CT molecular complexity index is 355. The fraction of sp³-hybridized carbons (Fsp3) is 0.364. The highest BCUT2D eigenvalue weighted by Gasteiger charge is 2.09. The third-order valence-corrected chi connectivity index (χ3v) is 2.79. The van der Waals surface area contributed by atoms with Crippen LogP contribution in [0.15, 0.2) is 23.2 Å². The Labute approximate surface area is 83.4 Å². The molecule has 0 saturated carbocycles. The summed E-state index contributed by atoms with van der Waals surface area (Å²) in [6, 6.07) is 6.17. The van der Waals surface area contributed by atoms with Crippen molar-refractivity contribution in [2.75, 3.05) is 6.54 Å². The lowest BCUT2D eigenvalue weighted by atomic mass is 10.1. The number of hydrogen-bond donors (Lipinski definition) is 0. The van der Waals surface area contributed by atoms with Crippen LogP contribution >= 0.6 is 11.6 Å². The Hall–Kier alpha value is -0.820. The Morgan fingerprint density at radius 3 is 2.85 bits per heavy atom. The number of aliphatic imine (C=N–C) groups is 1. The lowest BCUT2D eigenvalue weighted by molar-refractivity contribution is 0.951. The molecule has 0 saturated heterocycles. The minimum Gasteiger partial charge on any atom is -0.289 e. The number of halogens is 1. The first-order valence-corrected chi connectivity index (χ1v) is 4.95. The molecule has 0 amide bonds. The second-order valence-electron chi connectivity index (χ2n) is 3.40. The predicted octanol–water partition coefficient (Wildman–Crippen LogP) is 3.23.